The van der Waals surface area contributed by atoms with Crippen LogP contribution in [0.1, 0.15) is 17.5 Å². The second-order valence-corrected chi connectivity index (χ2v) is 11.5. The van der Waals surface area contributed by atoms with Crippen molar-refractivity contribution in [3.63, 3.8) is 0 Å². The van der Waals surface area contributed by atoms with Gasteiger partial charge in [-0.15, -0.1) is 6.58 Å². The highest BCUT2D eigenvalue weighted by Crippen LogP contribution is 2.58. The summed E-state index contributed by atoms with van der Waals surface area (Å²) >= 11 is 0. The predicted octanol–water partition coefficient (Wildman–Crippen LogP) is 1.82. The van der Waals surface area contributed by atoms with Gasteiger partial charge in [-0.05, 0) is 42.3 Å². The highest BCUT2D eigenvalue weighted by molar-refractivity contribution is 7.89. The maximum Gasteiger partial charge on any atom is 0.357 e. The summed E-state index contributed by atoms with van der Waals surface area (Å²) in [5.41, 5.74) is -0.565. The maximum absolute atomic E-state index is 14.3. The van der Waals surface area contributed by atoms with Crippen molar-refractivity contribution >= 4 is 39.5 Å². The molecule has 3 aliphatic rings. The number of benzene rings is 2. The van der Waals surface area contributed by atoms with Gasteiger partial charge in [-0.1, -0.05) is 24.3 Å². The van der Waals surface area contributed by atoms with E-state index in [-0.39, 0.29) is 34.8 Å². The van der Waals surface area contributed by atoms with Crippen LogP contribution >= 0.6 is 0 Å². The monoisotopic (exact) mass is 590 g/mol. The zero-order chi connectivity index (χ0) is 30.4. The summed E-state index contributed by atoms with van der Waals surface area (Å²) in [7, 11) is -1.15. The van der Waals surface area contributed by atoms with E-state index >= 15 is 0 Å². The number of anilines is 1. The van der Waals surface area contributed by atoms with Crippen LogP contribution in [0.3, 0.4) is 0 Å². The molecule has 0 N–H and O–H groups in total. The number of nitrogens with zero attached hydrogens (tertiary/aromatic N) is 4. The molecule has 3 heterocycles. The summed E-state index contributed by atoms with van der Waals surface area (Å²) in [6, 6.07) is 11.7. The first kappa shape index (κ1) is 28.6. The van der Waals surface area contributed by atoms with Gasteiger partial charge < -0.3 is 19.1 Å². The highest BCUT2D eigenvalue weighted by Gasteiger charge is 2.68. The summed E-state index contributed by atoms with van der Waals surface area (Å²) in [6.07, 6.45) is 1.43. The lowest BCUT2D eigenvalue weighted by Crippen LogP contribution is -2.55. The Labute approximate surface area is 242 Å². The van der Waals surface area contributed by atoms with Gasteiger partial charge >= 0.3 is 17.9 Å². The molecule has 1 fully saturated rings. The minimum absolute atomic E-state index is 0.146. The van der Waals surface area contributed by atoms with E-state index in [2.05, 4.69) is 11.6 Å². The van der Waals surface area contributed by atoms with E-state index in [0.29, 0.717) is 11.3 Å². The number of esters is 3. The van der Waals surface area contributed by atoms with Crippen LogP contribution < -0.4 is 4.90 Å². The third-order valence-electron chi connectivity index (χ3n) is 7.75. The second-order valence-electron chi connectivity index (χ2n) is 9.69. The Kier molecular flexibility index (Phi) is 7.11. The largest absolute Gasteiger partial charge is 0.467 e. The Balaban J connectivity index is 1.89. The Morgan fingerprint density at radius 1 is 1.07 bits per heavy atom. The van der Waals surface area contributed by atoms with Gasteiger partial charge in [-0.25, -0.2) is 32.1 Å². The first-order chi connectivity index (χ1) is 20.1. The van der Waals surface area contributed by atoms with Crippen molar-refractivity contribution in [2.24, 2.45) is 4.99 Å². The SMILES string of the molecule is C=CCN1c2ccccc2[C@]23C[C@@H](C(=O)OC)N(S(=O)(=O)c4ccc(C#N)cc4)C2=NC(C(=O)OC)=C(C(=O)OC)[C@H]13. The van der Waals surface area contributed by atoms with E-state index in [4.69, 9.17) is 14.2 Å². The molecule has 0 aromatic heterocycles. The van der Waals surface area contributed by atoms with E-state index < -0.39 is 51.1 Å². The number of carbonyl (C=O) groups is 3. The number of sulfonamides is 1. The number of methoxy groups -OCH3 is 3. The summed E-state index contributed by atoms with van der Waals surface area (Å²) in [6.45, 7) is 4.03. The zero-order valence-corrected chi connectivity index (χ0v) is 23.8. The first-order valence-electron chi connectivity index (χ1n) is 12.7. The average Bonchev–Trinajstić information content (AvgIpc) is 3.51. The molecule has 2 aromatic rings. The van der Waals surface area contributed by atoms with E-state index in [0.717, 1.165) is 25.6 Å². The van der Waals surface area contributed by atoms with Gasteiger partial charge in [0.1, 0.15) is 11.9 Å². The van der Waals surface area contributed by atoms with Crippen LogP contribution in [0.4, 0.5) is 5.69 Å². The standard InChI is InChI=1S/C29H26N4O8S/c1-5-14-32-20-9-7-6-8-19(20)29-15-21(25(34)39-2)33(42(37,38)18-12-10-17(16-30)11-13-18)28(29)31-23(27(36)41-4)22(24(29)32)26(35)40-3/h5-13,21,24H,1,14-15H2,2-4H3/t21-,24-,29-/m0/s1. The van der Waals surface area contributed by atoms with Crippen molar-refractivity contribution in [3.05, 3.63) is 83.6 Å². The van der Waals surface area contributed by atoms with E-state index in [1.165, 1.54) is 24.3 Å². The third kappa shape index (κ3) is 3.90. The van der Waals surface area contributed by atoms with Gasteiger partial charge in [-0.3, -0.25) is 0 Å². The lowest BCUT2D eigenvalue weighted by Gasteiger charge is -2.40. The van der Waals surface area contributed by atoms with Crippen LogP contribution in [0.25, 0.3) is 0 Å². The van der Waals surface area contributed by atoms with E-state index in [9.17, 15) is 28.1 Å². The molecular formula is C29H26N4O8S. The van der Waals surface area contributed by atoms with Gasteiger partial charge in [0.2, 0.25) is 0 Å². The lowest BCUT2D eigenvalue weighted by molar-refractivity contribution is -0.144. The van der Waals surface area contributed by atoms with Gasteiger partial charge in [-0.2, -0.15) is 5.26 Å². The highest BCUT2D eigenvalue weighted by atomic mass is 32.2. The molecule has 0 amide bonds. The van der Waals surface area contributed by atoms with Crippen LogP contribution in [0.2, 0.25) is 0 Å². The van der Waals surface area contributed by atoms with E-state index in [1.807, 2.05) is 6.07 Å². The van der Waals surface area contributed by atoms with Gasteiger partial charge in [0, 0.05) is 12.2 Å². The molecule has 0 radical (unpaired) electrons. The molecule has 0 saturated carbocycles. The average molecular weight is 591 g/mol. The number of nitriles is 1. The number of fused-ring (bicyclic) bond motifs is 1. The second kappa shape index (κ2) is 10.5. The third-order valence-corrected chi connectivity index (χ3v) is 9.56. The lowest BCUT2D eigenvalue weighted by atomic mass is 9.69. The van der Waals surface area contributed by atoms with E-state index in [1.54, 1.807) is 35.2 Å². The summed E-state index contributed by atoms with van der Waals surface area (Å²) in [5.74, 6) is -2.88. The van der Waals surface area contributed by atoms with Crippen molar-refractivity contribution in [2.45, 2.75) is 28.8 Å². The predicted molar refractivity (Wildman–Crippen MR) is 149 cm³/mol. The normalized spacial score (nSPS) is 22.3. The number of hydrogen-bond donors (Lipinski definition) is 0. The molecule has 216 valence electrons. The molecule has 0 bridgehead atoms. The smallest absolute Gasteiger partial charge is 0.357 e. The minimum atomic E-state index is -4.55. The van der Waals surface area contributed by atoms with Crippen molar-refractivity contribution in [2.75, 3.05) is 32.8 Å². The number of para-hydroxylation sites is 1. The number of ether oxygens (including phenoxy) is 3. The molecule has 1 spiro atoms. The molecule has 2 aromatic carbocycles. The van der Waals surface area contributed by atoms with Crippen molar-refractivity contribution in [1.82, 2.24) is 4.31 Å². The fourth-order valence-corrected chi connectivity index (χ4v) is 7.75. The van der Waals surface area contributed by atoms with Gasteiger partial charge in [0.25, 0.3) is 10.0 Å². The quantitative estimate of drug-likeness (QED) is 0.265. The van der Waals surface area contributed by atoms with Crippen LogP contribution in [0.15, 0.2) is 82.3 Å². The number of aliphatic imine (C=N–C) groups is 1. The first-order valence-corrected chi connectivity index (χ1v) is 14.2. The van der Waals surface area contributed by atoms with Crippen LogP contribution in [0.5, 0.6) is 0 Å². The Morgan fingerprint density at radius 3 is 2.33 bits per heavy atom. The Bertz CT molecular complexity index is 1720. The minimum Gasteiger partial charge on any atom is -0.467 e. The number of amidine groups is 1. The number of carbonyl (C=O) groups excluding carboxylic acids is 3. The molecule has 0 aliphatic carbocycles. The Morgan fingerprint density at radius 2 is 1.74 bits per heavy atom. The van der Waals surface area contributed by atoms with Crippen LogP contribution in [0, 0.1) is 11.3 Å². The van der Waals surface area contributed by atoms with Crippen molar-refractivity contribution in [3.8, 4) is 6.07 Å². The molecular weight excluding hydrogens is 564 g/mol. The zero-order valence-electron chi connectivity index (χ0n) is 22.9. The number of hydrogen-bond acceptors (Lipinski definition) is 11. The molecule has 1 saturated heterocycles. The molecule has 0 unspecified atom stereocenters. The summed E-state index contributed by atoms with van der Waals surface area (Å²) in [5, 5.41) is 9.21. The maximum atomic E-state index is 14.3. The van der Waals surface area contributed by atoms with Crippen LogP contribution in [-0.2, 0) is 44.0 Å². The van der Waals surface area contributed by atoms with Gasteiger partial charge in [0.15, 0.2) is 5.70 Å². The number of rotatable bonds is 7. The van der Waals surface area contributed by atoms with Crippen molar-refractivity contribution in [1.29, 1.82) is 5.26 Å². The van der Waals surface area contributed by atoms with Gasteiger partial charge in [0.05, 0.1) is 54.9 Å². The molecule has 3 atom stereocenters. The molecule has 42 heavy (non-hydrogen) atoms. The topological polar surface area (TPSA) is 156 Å². The summed E-state index contributed by atoms with van der Waals surface area (Å²) in [4.78, 5) is 46.0. The molecule has 13 heteroatoms. The molecule has 3 aliphatic heterocycles. The summed E-state index contributed by atoms with van der Waals surface area (Å²) < 4.78 is 44.7. The fraction of sp³-hybridized carbons (Fsp3) is 0.276. The molecule has 12 nitrogen and oxygen atoms in total. The van der Waals surface area contributed by atoms with Crippen molar-refractivity contribution < 1.29 is 37.0 Å². The van der Waals surface area contributed by atoms with Crippen LogP contribution in [-0.4, -0.2) is 76.4 Å². The Hall–Kier alpha value is -4.96. The fourth-order valence-electron chi connectivity index (χ4n) is 6.11. The molecule has 5 rings (SSSR count).